The second kappa shape index (κ2) is 7.01. The van der Waals surface area contributed by atoms with E-state index in [1.54, 1.807) is 18.5 Å². The van der Waals surface area contributed by atoms with Crippen LogP contribution in [0.4, 0.5) is 0 Å². The Hall–Kier alpha value is -1.12. The molecular weight excluding hydrogens is 371 g/mol. The molecule has 1 fully saturated rings. The van der Waals surface area contributed by atoms with E-state index >= 15 is 0 Å². The van der Waals surface area contributed by atoms with Crippen molar-refractivity contribution in [1.82, 2.24) is 19.2 Å². The van der Waals surface area contributed by atoms with E-state index < -0.39 is 10.0 Å². The first-order valence-electron chi connectivity index (χ1n) is 7.62. The van der Waals surface area contributed by atoms with E-state index in [1.807, 2.05) is 6.92 Å². The number of rotatable bonds is 4. The van der Waals surface area contributed by atoms with Gasteiger partial charge < -0.3 is 4.98 Å². The largest absolute Gasteiger partial charge is 0.347 e. The Morgan fingerprint density at radius 3 is 2.79 bits per heavy atom. The highest BCUT2D eigenvalue weighted by molar-refractivity contribution is 7.89. The number of aromatic amines is 1. The molecule has 0 radical (unpaired) electrons. The first-order chi connectivity index (χ1) is 11.4. The van der Waals surface area contributed by atoms with Crippen LogP contribution in [-0.2, 0) is 10.0 Å². The summed E-state index contributed by atoms with van der Waals surface area (Å²) in [5.74, 6) is 0.758. The number of halogens is 2. The third kappa shape index (κ3) is 3.32. The summed E-state index contributed by atoms with van der Waals surface area (Å²) in [5.41, 5.74) is 0. The highest BCUT2D eigenvalue weighted by Gasteiger charge is 2.36. The summed E-state index contributed by atoms with van der Waals surface area (Å²) in [4.78, 5) is 9.62. The zero-order valence-corrected chi connectivity index (χ0v) is 15.4. The zero-order valence-electron chi connectivity index (χ0n) is 13.1. The number of likely N-dealkylation sites (N-methyl/N-ethyl adjacent to an activating group) is 1. The van der Waals surface area contributed by atoms with E-state index in [0.29, 0.717) is 24.7 Å². The molecule has 0 amide bonds. The molecule has 6 nitrogen and oxygen atoms in total. The van der Waals surface area contributed by atoms with Gasteiger partial charge in [0.15, 0.2) is 0 Å². The van der Waals surface area contributed by atoms with Gasteiger partial charge in [0.05, 0.1) is 11.1 Å². The van der Waals surface area contributed by atoms with Crippen LogP contribution in [0.1, 0.15) is 18.8 Å². The van der Waals surface area contributed by atoms with Gasteiger partial charge in [0.2, 0.25) is 10.0 Å². The molecule has 1 aromatic carbocycles. The van der Waals surface area contributed by atoms with Crippen LogP contribution < -0.4 is 0 Å². The first-order valence-corrected chi connectivity index (χ1v) is 9.81. The van der Waals surface area contributed by atoms with Crippen molar-refractivity contribution in [2.45, 2.75) is 17.9 Å². The Morgan fingerprint density at radius 1 is 1.33 bits per heavy atom. The van der Waals surface area contributed by atoms with Gasteiger partial charge >= 0.3 is 0 Å². The molecule has 0 saturated carbocycles. The fourth-order valence-electron chi connectivity index (χ4n) is 2.93. The lowest BCUT2D eigenvalue weighted by Gasteiger charge is -2.39. The maximum atomic E-state index is 13.0. The molecule has 1 atom stereocenters. The first kappa shape index (κ1) is 17.7. The third-order valence-corrected chi connectivity index (χ3v) is 6.79. The van der Waals surface area contributed by atoms with Crippen LogP contribution in [0, 0.1) is 0 Å². The normalized spacial score (nSPS) is 20.4. The standard InChI is InChI=1S/C15H18Cl2N4O2S/c1-2-20-7-8-21(10-13(20)15-18-5-6-19-15)24(22,23)14-9-11(16)3-4-12(14)17/h3-6,9,13H,2,7-8,10H2,1H3,(H,18,19). The fraction of sp³-hybridized carbons (Fsp3) is 0.400. The van der Waals surface area contributed by atoms with Crippen LogP contribution in [0.3, 0.4) is 0 Å². The minimum atomic E-state index is -3.72. The summed E-state index contributed by atoms with van der Waals surface area (Å²) in [7, 11) is -3.72. The van der Waals surface area contributed by atoms with Crippen molar-refractivity contribution in [2.75, 3.05) is 26.2 Å². The summed E-state index contributed by atoms with van der Waals surface area (Å²) in [6, 6.07) is 4.35. The van der Waals surface area contributed by atoms with E-state index in [0.717, 1.165) is 12.4 Å². The highest BCUT2D eigenvalue weighted by Crippen LogP contribution is 2.31. The number of hydrogen-bond acceptors (Lipinski definition) is 4. The smallest absolute Gasteiger partial charge is 0.244 e. The van der Waals surface area contributed by atoms with Crippen LogP contribution in [0.2, 0.25) is 10.0 Å². The number of imidazole rings is 1. The SMILES string of the molecule is CCN1CCN(S(=O)(=O)c2cc(Cl)ccc2Cl)CC1c1ncc[nH]1. The lowest BCUT2D eigenvalue weighted by molar-refractivity contribution is 0.119. The predicted molar refractivity (Wildman–Crippen MR) is 93.8 cm³/mol. The Bertz CT molecular complexity index is 811. The molecule has 24 heavy (non-hydrogen) atoms. The van der Waals surface area contributed by atoms with E-state index in [1.165, 1.54) is 16.4 Å². The van der Waals surface area contributed by atoms with Crippen LogP contribution in [-0.4, -0.2) is 53.8 Å². The highest BCUT2D eigenvalue weighted by atomic mass is 35.5. The summed E-state index contributed by atoms with van der Waals surface area (Å²) in [5, 5.41) is 0.514. The van der Waals surface area contributed by atoms with Gasteiger partial charge in [0.1, 0.15) is 10.7 Å². The monoisotopic (exact) mass is 388 g/mol. The molecule has 2 aromatic rings. The van der Waals surface area contributed by atoms with E-state index in [-0.39, 0.29) is 16.0 Å². The second-order valence-corrected chi connectivity index (χ2v) is 8.31. The van der Waals surface area contributed by atoms with Crippen molar-refractivity contribution in [2.24, 2.45) is 0 Å². The molecule has 3 rings (SSSR count). The molecule has 1 unspecified atom stereocenters. The van der Waals surface area contributed by atoms with Gasteiger partial charge in [-0.1, -0.05) is 30.1 Å². The number of hydrogen-bond donors (Lipinski definition) is 1. The maximum Gasteiger partial charge on any atom is 0.244 e. The van der Waals surface area contributed by atoms with Gasteiger partial charge in [-0.2, -0.15) is 4.31 Å². The summed E-state index contributed by atoms with van der Waals surface area (Å²) in [6.45, 7) is 4.20. The van der Waals surface area contributed by atoms with E-state index in [4.69, 9.17) is 23.2 Å². The van der Waals surface area contributed by atoms with Crippen LogP contribution in [0.25, 0.3) is 0 Å². The number of nitrogens with one attached hydrogen (secondary N) is 1. The Morgan fingerprint density at radius 2 is 2.12 bits per heavy atom. The van der Waals surface area contributed by atoms with Gasteiger partial charge in [-0.05, 0) is 24.7 Å². The second-order valence-electron chi connectivity index (χ2n) is 5.56. The average molecular weight is 389 g/mol. The molecule has 0 bridgehead atoms. The van der Waals surface area contributed by atoms with E-state index in [2.05, 4.69) is 14.9 Å². The van der Waals surface area contributed by atoms with Gasteiger partial charge in [-0.25, -0.2) is 13.4 Å². The number of nitrogens with zero attached hydrogens (tertiary/aromatic N) is 3. The Kier molecular flexibility index (Phi) is 5.17. The summed E-state index contributed by atoms with van der Waals surface area (Å²) < 4.78 is 27.5. The number of piperazine rings is 1. The molecule has 0 spiro atoms. The van der Waals surface area contributed by atoms with Crippen molar-refractivity contribution < 1.29 is 8.42 Å². The van der Waals surface area contributed by atoms with Crippen molar-refractivity contribution in [3.63, 3.8) is 0 Å². The molecule has 0 aliphatic carbocycles. The quantitative estimate of drug-likeness (QED) is 0.873. The number of H-pyrrole nitrogens is 1. The number of sulfonamides is 1. The van der Waals surface area contributed by atoms with Crippen molar-refractivity contribution in [3.8, 4) is 0 Å². The Balaban J connectivity index is 1.93. The number of benzene rings is 1. The molecule has 130 valence electrons. The fourth-order valence-corrected chi connectivity index (χ4v) is 5.10. The minimum Gasteiger partial charge on any atom is -0.347 e. The van der Waals surface area contributed by atoms with Crippen LogP contribution >= 0.6 is 23.2 Å². The molecular formula is C15H18Cl2N4O2S. The zero-order chi connectivity index (χ0) is 17.3. The lowest BCUT2D eigenvalue weighted by Crippen LogP contribution is -2.50. The van der Waals surface area contributed by atoms with Gasteiger partial charge in [0, 0.05) is 37.1 Å². The molecule has 1 aliphatic heterocycles. The molecule has 9 heteroatoms. The molecule has 1 saturated heterocycles. The Labute approximate surface area is 151 Å². The third-order valence-electron chi connectivity index (χ3n) is 4.21. The van der Waals surface area contributed by atoms with Crippen molar-refractivity contribution in [1.29, 1.82) is 0 Å². The lowest BCUT2D eigenvalue weighted by atomic mass is 10.2. The van der Waals surface area contributed by atoms with Gasteiger partial charge in [-0.3, -0.25) is 4.90 Å². The molecule has 1 aromatic heterocycles. The van der Waals surface area contributed by atoms with Crippen molar-refractivity contribution in [3.05, 3.63) is 46.5 Å². The minimum absolute atomic E-state index is 0.0415. The predicted octanol–water partition coefficient (Wildman–Crippen LogP) is 2.78. The topological polar surface area (TPSA) is 69.3 Å². The summed E-state index contributed by atoms with van der Waals surface area (Å²) in [6.07, 6.45) is 3.41. The molecule has 1 N–H and O–H groups in total. The summed E-state index contributed by atoms with van der Waals surface area (Å²) >= 11 is 12.1. The average Bonchev–Trinajstić information content (AvgIpc) is 3.10. The number of aromatic nitrogens is 2. The maximum absolute atomic E-state index is 13.0. The van der Waals surface area contributed by atoms with Gasteiger partial charge in [-0.15, -0.1) is 0 Å². The van der Waals surface area contributed by atoms with Crippen LogP contribution in [0.5, 0.6) is 0 Å². The molecule has 2 heterocycles. The van der Waals surface area contributed by atoms with Crippen LogP contribution in [0.15, 0.2) is 35.5 Å². The molecule has 1 aliphatic rings. The van der Waals surface area contributed by atoms with Gasteiger partial charge in [0.25, 0.3) is 0 Å². The van der Waals surface area contributed by atoms with Crippen molar-refractivity contribution >= 4 is 33.2 Å². The van der Waals surface area contributed by atoms with E-state index in [9.17, 15) is 8.42 Å².